The number of aromatic nitrogens is 3. The maximum absolute atomic E-state index is 12.0. The zero-order valence-corrected chi connectivity index (χ0v) is 12.2. The number of nitriles is 1. The van der Waals surface area contributed by atoms with E-state index >= 15 is 0 Å². The minimum atomic E-state index is -0.676. The first-order chi connectivity index (χ1) is 11.1. The summed E-state index contributed by atoms with van der Waals surface area (Å²) < 4.78 is 16.1. The molecule has 0 aliphatic rings. The molecule has 0 saturated carbocycles. The van der Waals surface area contributed by atoms with E-state index in [0.29, 0.717) is 22.5 Å². The van der Waals surface area contributed by atoms with Crippen LogP contribution in [0.3, 0.4) is 0 Å². The van der Waals surface area contributed by atoms with Crippen molar-refractivity contribution < 1.29 is 18.9 Å². The zero-order valence-electron chi connectivity index (χ0n) is 12.2. The standard InChI is InChI=1S/C14H11N5O4/c1-21-9-4-3-8(11-12(9)18-23-17-11)19-6-7(5-15)10(16)13(19)14(20)22-2/h3-4,6H,16H2,1-2H3. The number of esters is 1. The fourth-order valence-electron chi connectivity index (χ4n) is 2.29. The van der Waals surface area contributed by atoms with Crippen LogP contribution in [0.4, 0.5) is 5.69 Å². The van der Waals surface area contributed by atoms with Gasteiger partial charge in [0.15, 0.2) is 22.5 Å². The van der Waals surface area contributed by atoms with Crippen molar-refractivity contribution in [3.05, 3.63) is 29.6 Å². The fourth-order valence-corrected chi connectivity index (χ4v) is 2.29. The summed E-state index contributed by atoms with van der Waals surface area (Å²) in [5.74, 6) is -0.213. The predicted molar refractivity (Wildman–Crippen MR) is 78.1 cm³/mol. The lowest BCUT2D eigenvalue weighted by Crippen LogP contribution is -2.11. The third-order valence-corrected chi connectivity index (χ3v) is 3.38. The Morgan fingerprint density at radius 2 is 2.09 bits per heavy atom. The largest absolute Gasteiger partial charge is 0.494 e. The Bertz CT molecular complexity index is 950. The number of hydrogen-bond donors (Lipinski definition) is 1. The van der Waals surface area contributed by atoms with Crippen LogP contribution in [0.2, 0.25) is 0 Å². The third kappa shape index (κ3) is 2.04. The molecule has 0 fully saturated rings. The predicted octanol–water partition coefficient (Wildman–Crippen LogP) is 1.26. The summed E-state index contributed by atoms with van der Waals surface area (Å²) in [5, 5.41) is 16.8. The van der Waals surface area contributed by atoms with Gasteiger partial charge >= 0.3 is 5.97 Å². The molecule has 1 aromatic carbocycles. The van der Waals surface area contributed by atoms with Crippen LogP contribution >= 0.6 is 0 Å². The Morgan fingerprint density at radius 3 is 2.74 bits per heavy atom. The van der Waals surface area contributed by atoms with Crippen molar-refractivity contribution in [2.45, 2.75) is 0 Å². The number of benzene rings is 1. The molecule has 116 valence electrons. The van der Waals surface area contributed by atoms with Crippen molar-refractivity contribution in [2.75, 3.05) is 20.0 Å². The minimum absolute atomic E-state index is 0.0264. The second-order valence-electron chi connectivity index (χ2n) is 4.53. The third-order valence-electron chi connectivity index (χ3n) is 3.38. The number of ether oxygens (including phenoxy) is 2. The molecule has 0 radical (unpaired) electrons. The molecule has 0 amide bonds. The number of nitrogen functional groups attached to an aromatic ring is 1. The van der Waals surface area contributed by atoms with Gasteiger partial charge in [-0.05, 0) is 22.4 Å². The van der Waals surface area contributed by atoms with Gasteiger partial charge in [0.05, 0.1) is 31.2 Å². The summed E-state index contributed by atoms with van der Waals surface area (Å²) in [4.78, 5) is 12.0. The fraction of sp³-hybridized carbons (Fsp3) is 0.143. The molecule has 2 heterocycles. The number of nitrogens with zero attached hydrogens (tertiary/aromatic N) is 4. The molecule has 2 N–H and O–H groups in total. The second-order valence-corrected chi connectivity index (χ2v) is 4.53. The number of rotatable bonds is 3. The molecule has 9 nitrogen and oxygen atoms in total. The molecule has 3 aromatic rings. The molecule has 0 aliphatic heterocycles. The molecule has 0 aliphatic carbocycles. The van der Waals surface area contributed by atoms with Gasteiger partial charge in [-0.2, -0.15) is 5.26 Å². The first-order valence-electron chi connectivity index (χ1n) is 6.41. The second kappa shape index (κ2) is 5.34. The van der Waals surface area contributed by atoms with Crippen LogP contribution in [0.25, 0.3) is 16.7 Å². The van der Waals surface area contributed by atoms with Gasteiger partial charge in [-0.25, -0.2) is 9.42 Å². The van der Waals surface area contributed by atoms with Gasteiger partial charge in [0.2, 0.25) is 0 Å². The average Bonchev–Trinajstić information content (AvgIpc) is 3.18. The van der Waals surface area contributed by atoms with Crippen LogP contribution in [0.1, 0.15) is 16.1 Å². The summed E-state index contributed by atoms with van der Waals surface area (Å²) in [5.41, 5.74) is 7.26. The van der Waals surface area contributed by atoms with E-state index in [9.17, 15) is 4.79 Å². The van der Waals surface area contributed by atoms with Crippen molar-refractivity contribution in [2.24, 2.45) is 0 Å². The Morgan fingerprint density at radius 1 is 1.35 bits per heavy atom. The van der Waals surface area contributed by atoms with Crippen LogP contribution in [-0.2, 0) is 4.74 Å². The maximum atomic E-state index is 12.0. The molecule has 0 saturated heterocycles. The van der Waals surface area contributed by atoms with E-state index in [4.69, 9.17) is 25.1 Å². The molecule has 23 heavy (non-hydrogen) atoms. The Balaban J connectivity index is 2.34. The van der Waals surface area contributed by atoms with Gasteiger partial charge in [-0.1, -0.05) is 0 Å². The summed E-state index contributed by atoms with van der Waals surface area (Å²) in [6, 6.07) is 5.23. The van der Waals surface area contributed by atoms with Gasteiger partial charge in [0.25, 0.3) is 0 Å². The van der Waals surface area contributed by atoms with E-state index < -0.39 is 5.97 Å². The first-order valence-corrected chi connectivity index (χ1v) is 6.41. The summed E-state index contributed by atoms with van der Waals surface area (Å²) in [6.07, 6.45) is 1.43. The average molecular weight is 313 g/mol. The van der Waals surface area contributed by atoms with E-state index in [1.54, 1.807) is 12.1 Å². The zero-order chi connectivity index (χ0) is 16.6. The number of hydrogen-bond acceptors (Lipinski definition) is 8. The van der Waals surface area contributed by atoms with Crippen molar-refractivity contribution in [3.8, 4) is 17.5 Å². The highest BCUT2D eigenvalue weighted by atomic mass is 16.6. The van der Waals surface area contributed by atoms with Crippen molar-refractivity contribution in [1.29, 1.82) is 5.26 Å². The Kier molecular flexibility index (Phi) is 3.34. The van der Waals surface area contributed by atoms with Crippen LogP contribution in [0.15, 0.2) is 23.0 Å². The Labute approximate surface area is 129 Å². The molecular weight excluding hydrogens is 302 g/mol. The number of carbonyl (C=O) groups excluding carboxylic acids is 1. The topological polar surface area (TPSA) is 129 Å². The molecule has 0 bridgehead atoms. The Hall–Kier alpha value is -3.54. The quantitative estimate of drug-likeness (QED) is 0.715. The number of anilines is 1. The highest BCUT2D eigenvalue weighted by Gasteiger charge is 2.24. The highest BCUT2D eigenvalue weighted by molar-refractivity contribution is 5.97. The van der Waals surface area contributed by atoms with Crippen LogP contribution in [-0.4, -0.2) is 35.1 Å². The maximum Gasteiger partial charge on any atom is 0.357 e. The van der Waals surface area contributed by atoms with Gasteiger partial charge in [0, 0.05) is 6.20 Å². The van der Waals surface area contributed by atoms with E-state index in [0.717, 1.165) is 0 Å². The van der Waals surface area contributed by atoms with E-state index in [1.165, 1.54) is 25.0 Å². The summed E-state index contributed by atoms with van der Waals surface area (Å²) in [6.45, 7) is 0. The minimum Gasteiger partial charge on any atom is -0.494 e. The van der Waals surface area contributed by atoms with Crippen LogP contribution in [0.5, 0.6) is 5.75 Å². The van der Waals surface area contributed by atoms with Crippen LogP contribution < -0.4 is 10.5 Å². The van der Waals surface area contributed by atoms with Crippen molar-refractivity contribution >= 4 is 22.7 Å². The van der Waals surface area contributed by atoms with Gasteiger partial charge < -0.3 is 19.8 Å². The molecule has 0 atom stereocenters. The van der Waals surface area contributed by atoms with E-state index in [-0.39, 0.29) is 16.9 Å². The summed E-state index contributed by atoms with van der Waals surface area (Å²) >= 11 is 0. The lowest BCUT2D eigenvalue weighted by atomic mass is 10.2. The molecule has 2 aromatic heterocycles. The van der Waals surface area contributed by atoms with E-state index in [1.807, 2.05) is 6.07 Å². The molecule has 3 rings (SSSR count). The van der Waals surface area contributed by atoms with Gasteiger partial charge in [-0.3, -0.25) is 0 Å². The number of nitrogens with two attached hydrogens (primary N) is 1. The SMILES string of the molecule is COC(=O)c1c(N)c(C#N)cn1-c1ccc(OC)c2nonc12. The van der Waals surface area contributed by atoms with Crippen LogP contribution in [0, 0.1) is 11.3 Å². The number of carbonyl (C=O) groups is 1. The van der Waals surface area contributed by atoms with Crippen molar-refractivity contribution in [1.82, 2.24) is 14.9 Å². The lowest BCUT2D eigenvalue weighted by Gasteiger charge is -2.09. The lowest BCUT2D eigenvalue weighted by molar-refractivity contribution is 0.0593. The molecule has 0 spiro atoms. The van der Waals surface area contributed by atoms with E-state index in [2.05, 4.69) is 10.3 Å². The molecule has 0 unspecified atom stereocenters. The smallest absolute Gasteiger partial charge is 0.357 e. The van der Waals surface area contributed by atoms with Crippen molar-refractivity contribution in [3.63, 3.8) is 0 Å². The first kappa shape index (κ1) is 14.4. The van der Waals surface area contributed by atoms with Gasteiger partial charge in [-0.15, -0.1) is 0 Å². The number of fused-ring (bicyclic) bond motifs is 1. The highest BCUT2D eigenvalue weighted by Crippen LogP contribution is 2.31. The molecule has 9 heteroatoms. The summed E-state index contributed by atoms with van der Waals surface area (Å²) in [7, 11) is 2.72. The monoisotopic (exact) mass is 313 g/mol. The number of methoxy groups -OCH3 is 2. The normalized spacial score (nSPS) is 10.5. The van der Waals surface area contributed by atoms with Gasteiger partial charge in [0.1, 0.15) is 6.07 Å². The molecular formula is C14H11N5O4.